The molecule has 2 rings (SSSR count). The molecule has 0 radical (unpaired) electrons. The first kappa shape index (κ1) is 13.1. The molecule has 0 aliphatic carbocycles. The second-order valence-corrected chi connectivity index (χ2v) is 4.46. The van der Waals surface area contributed by atoms with Gasteiger partial charge in [0.2, 0.25) is 0 Å². The van der Waals surface area contributed by atoms with Crippen LogP contribution in [0, 0.1) is 0 Å². The molecule has 0 aromatic heterocycles. The molecule has 2 aromatic carbocycles. The predicted octanol–water partition coefficient (Wildman–Crippen LogP) is 3.30. The zero-order chi connectivity index (χ0) is 12.8. The first-order chi connectivity index (χ1) is 8.85. The Bertz CT molecular complexity index is 505. The Kier molecular flexibility index (Phi) is 4.73. The Morgan fingerprint density at radius 1 is 1.17 bits per heavy atom. The molecule has 2 aromatic rings. The van der Waals surface area contributed by atoms with Crippen LogP contribution in [-0.4, -0.2) is 18.3 Å². The van der Waals surface area contributed by atoms with Crippen molar-refractivity contribution in [3.8, 4) is 0 Å². The maximum absolute atomic E-state index is 8.74. The van der Waals surface area contributed by atoms with E-state index >= 15 is 0 Å². The van der Waals surface area contributed by atoms with E-state index in [9.17, 15) is 0 Å². The quantitative estimate of drug-likeness (QED) is 0.790. The Morgan fingerprint density at radius 3 is 2.78 bits per heavy atom. The third kappa shape index (κ3) is 3.09. The number of hydrogen-bond donors (Lipinski definition) is 1. The average molecular weight is 244 g/mol. The number of aliphatic hydroxyl groups is 1. The molecule has 0 saturated heterocycles. The molecule has 0 unspecified atom stereocenters. The average Bonchev–Trinajstić information content (AvgIpc) is 2.43. The number of fused-ring (bicyclic) bond motifs is 1. The smallest absolute Gasteiger partial charge is 0.0722 e. The maximum Gasteiger partial charge on any atom is 0.0722 e. The van der Waals surface area contributed by atoms with Gasteiger partial charge in [-0.3, -0.25) is 0 Å². The van der Waals surface area contributed by atoms with Gasteiger partial charge < -0.3 is 9.84 Å². The van der Waals surface area contributed by atoms with Crippen molar-refractivity contribution in [3.05, 3.63) is 47.5 Å². The molecule has 2 nitrogen and oxygen atoms in total. The van der Waals surface area contributed by atoms with E-state index in [1.165, 1.54) is 21.9 Å². The summed E-state index contributed by atoms with van der Waals surface area (Å²) in [6, 6.07) is 12.9. The molecule has 0 amide bonds. The van der Waals surface area contributed by atoms with Crippen LogP contribution in [0.25, 0.3) is 10.8 Å². The molecule has 0 aliphatic heterocycles. The van der Waals surface area contributed by atoms with E-state index in [0.717, 1.165) is 6.42 Å². The lowest BCUT2D eigenvalue weighted by molar-refractivity contribution is 0.105. The van der Waals surface area contributed by atoms with Gasteiger partial charge in [-0.25, -0.2) is 0 Å². The van der Waals surface area contributed by atoms with E-state index < -0.39 is 0 Å². The summed E-state index contributed by atoms with van der Waals surface area (Å²) in [7, 11) is 0. The van der Waals surface area contributed by atoms with Crippen molar-refractivity contribution >= 4 is 10.8 Å². The van der Waals surface area contributed by atoms with Gasteiger partial charge in [0.1, 0.15) is 0 Å². The largest absolute Gasteiger partial charge is 0.396 e. The second-order valence-electron chi connectivity index (χ2n) is 4.46. The van der Waals surface area contributed by atoms with E-state index in [0.29, 0.717) is 19.6 Å². The number of hydrogen-bond acceptors (Lipinski definition) is 2. The monoisotopic (exact) mass is 244 g/mol. The Labute approximate surface area is 108 Å². The summed E-state index contributed by atoms with van der Waals surface area (Å²) in [6.45, 7) is 3.59. The zero-order valence-electron chi connectivity index (χ0n) is 10.9. The fourth-order valence-electron chi connectivity index (χ4n) is 2.13. The Morgan fingerprint density at radius 2 is 2.00 bits per heavy atom. The van der Waals surface area contributed by atoms with Gasteiger partial charge in [-0.1, -0.05) is 43.3 Å². The second kappa shape index (κ2) is 6.53. The highest BCUT2D eigenvalue weighted by molar-refractivity contribution is 5.86. The number of benzene rings is 2. The first-order valence-corrected chi connectivity index (χ1v) is 6.54. The first-order valence-electron chi connectivity index (χ1n) is 6.54. The molecule has 0 saturated carbocycles. The van der Waals surface area contributed by atoms with Crippen molar-refractivity contribution in [2.75, 3.05) is 13.2 Å². The lowest BCUT2D eigenvalue weighted by atomic mass is 10.0. The summed E-state index contributed by atoms with van der Waals surface area (Å²) >= 11 is 0. The van der Waals surface area contributed by atoms with Gasteiger partial charge in [-0.15, -0.1) is 0 Å². The van der Waals surface area contributed by atoms with E-state index in [-0.39, 0.29) is 6.61 Å². The highest BCUT2D eigenvalue weighted by Gasteiger charge is 2.03. The molecule has 0 heterocycles. The van der Waals surface area contributed by atoms with Gasteiger partial charge in [0.25, 0.3) is 0 Å². The van der Waals surface area contributed by atoms with Crippen LogP contribution in [0.2, 0.25) is 0 Å². The fraction of sp³-hybridized carbons (Fsp3) is 0.375. The molecule has 0 bridgehead atoms. The highest BCUT2D eigenvalue weighted by atomic mass is 16.5. The van der Waals surface area contributed by atoms with Crippen LogP contribution in [0.5, 0.6) is 0 Å². The summed E-state index contributed by atoms with van der Waals surface area (Å²) in [5.74, 6) is 0. The standard InChI is InChI=1S/C16H20O2/c1-2-13-10-14-6-3-4-7-16(14)15(11-13)12-18-9-5-8-17/h3-4,6-7,10-11,17H,2,5,8-9,12H2,1H3. The van der Waals surface area contributed by atoms with Crippen molar-refractivity contribution in [2.24, 2.45) is 0 Å². The molecule has 18 heavy (non-hydrogen) atoms. The molecule has 1 N–H and O–H groups in total. The van der Waals surface area contributed by atoms with Crippen molar-refractivity contribution in [2.45, 2.75) is 26.4 Å². The molecule has 0 aliphatic rings. The third-order valence-electron chi connectivity index (χ3n) is 3.12. The molecule has 2 heteroatoms. The maximum atomic E-state index is 8.74. The van der Waals surface area contributed by atoms with Crippen LogP contribution in [0.1, 0.15) is 24.5 Å². The van der Waals surface area contributed by atoms with Crippen molar-refractivity contribution < 1.29 is 9.84 Å². The van der Waals surface area contributed by atoms with Crippen LogP contribution >= 0.6 is 0 Å². The number of ether oxygens (including phenoxy) is 1. The zero-order valence-corrected chi connectivity index (χ0v) is 10.9. The molecule has 0 spiro atoms. The minimum absolute atomic E-state index is 0.190. The predicted molar refractivity (Wildman–Crippen MR) is 74.7 cm³/mol. The van der Waals surface area contributed by atoms with E-state index in [2.05, 4.69) is 43.3 Å². The third-order valence-corrected chi connectivity index (χ3v) is 3.12. The topological polar surface area (TPSA) is 29.5 Å². The van der Waals surface area contributed by atoms with Crippen molar-refractivity contribution in [3.63, 3.8) is 0 Å². The van der Waals surface area contributed by atoms with Gasteiger partial charge >= 0.3 is 0 Å². The lowest BCUT2D eigenvalue weighted by Gasteiger charge is -2.10. The molecule has 96 valence electrons. The SMILES string of the molecule is CCc1cc(COCCCO)c2ccccc2c1. The summed E-state index contributed by atoms with van der Waals surface area (Å²) in [5.41, 5.74) is 2.58. The Hall–Kier alpha value is -1.38. The summed E-state index contributed by atoms with van der Waals surface area (Å²) < 4.78 is 5.61. The number of aliphatic hydroxyl groups excluding tert-OH is 1. The molecular formula is C16H20O2. The minimum Gasteiger partial charge on any atom is -0.396 e. The summed E-state index contributed by atoms with van der Waals surface area (Å²) in [5, 5.41) is 11.3. The number of rotatable bonds is 6. The molecule has 0 fully saturated rings. The van der Waals surface area contributed by atoms with Crippen LogP contribution in [-0.2, 0) is 17.8 Å². The lowest BCUT2D eigenvalue weighted by Crippen LogP contribution is -1.99. The van der Waals surface area contributed by atoms with Crippen LogP contribution in [0.3, 0.4) is 0 Å². The summed E-state index contributed by atoms with van der Waals surface area (Å²) in [4.78, 5) is 0. The van der Waals surface area contributed by atoms with Crippen LogP contribution in [0.4, 0.5) is 0 Å². The number of aryl methyl sites for hydroxylation is 1. The van der Waals surface area contributed by atoms with Gasteiger partial charge in [-0.2, -0.15) is 0 Å². The van der Waals surface area contributed by atoms with Crippen molar-refractivity contribution in [1.29, 1.82) is 0 Å². The highest BCUT2D eigenvalue weighted by Crippen LogP contribution is 2.22. The van der Waals surface area contributed by atoms with Gasteiger partial charge in [0.15, 0.2) is 0 Å². The van der Waals surface area contributed by atoms with Gasteiger partial charge in [0, 0.05) is 13.2 Å². The van der Waals surface area contributed by atoms with E-state index in [1.54, 1.807) is 0 Å². The Balaban J connectivity index is 2.23. The normalized spacial score (nSPS) is 11.0. The van der Waals surface area contributed by atoms with Crippen LogP contribution in [0.15, 0.2) is 36.4 Å². The minimum atomic E-state index is 0.190. The fourth-order valence-corrected chi connectivity index (χ4v) is 2.13. The van der Waals surface area contributed by atoms with Gasteiger partial charge in [0.05, 0.1) is 6.61 Å². The van der Waals surface area contributed by atoms with E-state index in [4.69, 9.17) is 9.84 Å². The summed E-state index contributed by atoms with van der Waals surface area (Å²) in [6.07, 6.45) is 1.74. The van der Waals surface area contributed by atoms with E-state index in [1.807, 2.05) is 0 Å². The van der Waals surface area contributed by atoms with Crippen molar-refractivity contribution in [1.82, 2.24) is 0 Å². The van der Waals surface area contributed by atoms with Gasteiger partial charge in [-0.05, 0) is 34.7 Å². The molecule has 0 atom stereocenters. The van der Waals surface area contributed by atoms with Crippen LogP contribution < -0.4 is 0 Å². The molecular weight excluding hydrogens is 224 g/mol.